The molecule has 5 rings (SSSR count). The van der Waals surface area contributed by atoms with Crippen molar-refractivity contribution < 1.29 is 0 Å². The molecule has 2 fully saturated rings. The summed E-state index contributed by atoms with van der Waals surface area (Å²) >= 11 is 0. The Kier molecular flexibility index (Phi) is 7.65. The molecule has 3 heterocycles. The molecule has 2 aliphatic heterocycles. The van der Waals surface area contributed by atoms with Gasteiger partial charge in [0.2, 0.25) is 5.95 Å². The van der Waals surface area contributed by atoms with Crippen LogP contribution in [-0.4, -0.2) is 77.0 Å². The molecule has 0 amide bonds. The molecule has 6 nitrogen and oxygen atoms in total. The molecule has 0 radical (unpaired) electrons. The van der Waals surface area contributed by atoms with E-state index in [9.17, 15) is 0 Å². The van der Waals surface area contributed by atoms with Crippen molar-refractivity contribution in [2.45, 2.75) is 47.1 Å². The van der Waals surface area contributed by atoms with E-state index < -0.39 is 0 Å². The third kappa shape index (κ3) is 5.74. The van der Waals surface area contributed by atoms with E-state index in [1.807, 2.05) is 19.2 Å². The average molecular weight is 499 g/mol. The van der Waals surface area contributed by atoms with E-state index in [0.717, 1.165) is 76.2 Å². The number of aryl methyl sites for hydroxylation is 3. The number of hydrogen-bond acceptors (Lipinski definition) is 6. The zero-order valence-electron chi connectivity index (χ0n) is 23.1. The highest BCUT2D eigenvalue weighted by molar-refractivity contribution is 5.66. The maximum Gasteiger partial charge on any atom is 0.225 e. The van der Waals surface area contributed by atoms with E-state index in [0.29, 0.717) is 0 Å². The Morgan fingerprint density at radius 3 is 2.24 bits per heavy atom. The lowest BCUT2D eigenvalue weighted by Crippen LogP contribution is -2.46. The van der Waals surface area contributed by atoms with E-state index in [1.54, 1.807) is 0 Å². The molecule has 196 valence electrons. The molecule has 2 aromatic rings. The predicted molar refractivity (Wildman–Crippen MR) is 153 cm³/mol. The number of rotatable bonds is 6. The van der Waals surface area contributed by atoms with Gasteiger partial charge in [-0.2, -0.15) is 0 Å². The van der Waals surface area contributed by atoms with Crippen LogP contribution in [0.2, 0.25) is 0 Å². The summed E-state index contributed by atoms with van der Waals surface area (Å²) in [6.45, 7) is 22.4. The summed E-state index contributed by atoms with van der Waals surface area (Å²) in [6, 6.07) is 6.71. The lowest BCUT2D eigenvalue weighted by atomic mass is 9.97. The Morgan fingerprint density at radius 2 is 1.54 bits per heavy atom. The Labute approximate surface area is 223 Å². The standard InChI is InChI=1S/C31H42N6/c1-23-8-6-7-9-30(23)36-14-12-34(13-15-36)22-28-21-29(25(3)20-24(28)2)27(5)35-16-18-37(19-17-35)31-32-11-10-26(4)33-31/h8-11,20-21H,5-7,12-19,22H2,1-4H3. The molecule has 0 atom stereocenters. The van der Waals surface area contributed by atoms with Gasteiger partial charge in [0, 0.05) is 87.8 Å². The van der Waals surface area contributed by atoms with Crippen molar-refractivity contribution in [3.63, 3.8) is 0 Å². The van der Waals surface area contributed by atoms with Gasteiger partial charge in [-0.05, 0) is 74.9 Å². The van der Waals surface area contributed by atoms with E-state index in [1.165, 1.54) is 46.4 Å². The molecule has 1 aromatic heterocycles. The van der Waals surface area contributed by atoms with E-state index in [2.05, 4.69) is 81.2 Å². The SMILES string of the molecule is C=C(c1cc(CN2CCN(C3=CCCC=C3C)CC2)c(C)cc1C)N1CCN(c2nccc(C)n2)CC1. The van der Waals surface area contributed by atoms with Crippen molar-refractivity contribution in [1.82, 2.24) is 24.7 Å². The minimum absolute atomic E-state index is 0.838. The zero-order chi connectivity index (χ0) is 25.9. The summed E-state index contributed by atoms with van der Waals surface area (Å²) in [6.07, 6.45) is 9.04. The van der Waals surface area contributed by atoms with Crippen LogP contribution in [0.1, 0.15) is 47.7 Å². The number of allylic oxidation sites excluding steroid dienone is 3. The molecular formula is C31H42N6. The fourth-order valence-electron chi connectivity index (χ4n) is 5.86. The molecule has 1 aromatic carbocycles. The number of anilines is 1. The Balaban J connectivity index is 1.21. The highest BCUT2D eigenvalue weighted by Gasteiger charge is 2.24. The second kappa shape index (κ2) is 11.1. The van der Waals surface area contributed by atoms with Gasteiger partial charge < -0.3 is 14.7 Å². The van der Waals surface area contributed by atoms with Gasteiger partial charge in [0.1, 0.15) is 0 Å². The third-order valence-corrected chi connectivity index (χ3v) is 8.19. The van der Waals surface area contributed by atoms with Gasteiger partial charge in [0.15, 0.2) is 0 Å². The lowest BCUT2D eigenvalue weighted by Gasteiger charge is -2.39. The first-order valence-electron chi connectivity index (χ1n) is 13.8. The van der Waals surface area contributed by atoms with Crippen LogP contribution in [0.15, 0.2) is 54.4 Å². The maximum atomic E-state index is 4.61. The normalized spacial score (nSPS) is 19.1. The molecule has 0 saturated carbocycles. The van der Waals surface area contributed by atoms with E-state index >= 15 is 0 Å². The molecule has 2 saturated heterocycles. The fraction of sp³-hybridized carbons (Fsp3) is 0.484. The van der Waals surface area contributed by atoms with E-state index in [-0.39, 0.29) is 0 Å². The van der Waals surface area contributed by atoms with Crippen molar-refractivity contribution in [3.8, 4) is 0 Å². The predicted octanol–water partition coefficient (Wildman–Crippen LogP) is 4.94. The van der Waals surface area contributed by atoms with Crippen LogP contribution >= 0.6 is 0 Å². The van der Waals surface area contributed by atoms with Gasteiger partial charge in [-0.1, -0.05) is 24.8 Å². The zero-order valence-corrected chi connectivity index (χ0v) is 23.1. The van der Waals surface area contributed by atoms with Gasteiger partial charge in [-0.15, -0.1) is 0 Å². The minimum atomic E-state index is 0.838. The maximum absolute atomic E-state index is 4.61. The van der Waals surface area contributed by atoms with Crippen molar-refractivity contribution in [2.24, 2.45) is 0 Å². The summed E-state index contributed by atoms with van der Waals surface area (Å²) < 4.78 is 0. The monoisotopic (exact) mass is 498 g/mol. The van der Waals surface area contributed by atoms with Gasteiger partial charge in [0.25, 0.3) is 0 Å². The van der Waals surface area contributed by atoms with Gasteiger partial charge >= 0.3 is 0 Å². The van der Waals surface area contributed by atoms with Crippen LogP contribution in [-0.2, 0) is 6.54 Å². The second-order valence-corrected chi connectivity index (χ2v) is 10.8. The molecule has 37 heavy (non-hydrogen) atoms. The van der Waals surface area contributed by atoms with Gasteiger partial charge in [-0.25, -0.2) is 9.97 Å². The van der Waals surface area contributed by atoms with Crippen LogP contribution < -0.4 is 4.90 Å². The van der Waals surface area contributed by atoms with Crippen molar-refractivity contribution >= 4 is 11.6 Å². The molecule has 3 aliphatic rings. The Bertz CT molecular complexity index is 1200. The van der Waals surface area contributed by atoms with Gasteiger partial charge in [0.05, 0.1) is 0 Å². The Morgan fingerprint density at radius 1 is 0.838 bits per heavy atom. The van der Waals surface area contributed by atoms with E-state index in [4.69, 9.17) is 0 Å². The molecule has 0 spiro atoms. The molecule has 0 unspecified atom stereocenters. The van der Waals surface area contributed by atoms with Gasteiger partial charge in [-0.3, -0.25) is 4.90 Å². The second-order valence-electron chi connectivity index (χ2n) is 10.8. The Hall–Kier alpha value is -3.12. The summed E-state index contributed by atoms with van der Waals surface area (Å²) in [5, 5.41) is 0. The quantitative estimate of drug-likeness (QED) is 0.562. The number of hydrogen-bond donors (Lipinski definition) is 0. The topological polar surface area (TPSA) is 38.7 Å². The van der Waals surface area contributed by atoms with Crippen molar-refractivity contribution in [1.29, 1.82) is 0 Å². The first-order chi connectivity index (χ1) is 17.9. The first-order valence-corrected chi connectivity index (χ1v) is 13.8. The van der Waals surface area contributed by atoms with Crippen LogP contribution in [0.4, 0.5) is 5.95 Å². The number of benzene rings is 1. The molecule has 1 aliphatic carbocycles. The average Bonchev–Trinajstić information content (AvgIpc) is 2.91. The molecule has 0 N–H and O–H groups in total. The largest absolute Gasteiger partial charge is 0.369 e. The van der Waals surface area contributed by atoms with Crippen LogP contribution in [0, 0.1) is 20.8 Å². The number of piperazine rings is 2. The lowest BCUT2D eigenvalue weighted by molar-refractivity contribution is 0.154. The van der Waals surface area contributed by atoms with Crippen LogP contribution in [0.5, 0.6) is 0 Å². The van der Waals surface area contributed by atoms with Crippen molar-refractivity contribution in [3.05, 3.63) is 82.3 Å². The van der Waals surface area contributed by atoms with Crippen LogP contribution in [0.3, 0.4) is 0 Å². The summed E-state index contributed by atoms with van der Waals surface area (Å²) in [5.41, 5.74) is 10.5. The summed E-state index contributed by atoms with van der Waals surface area (Å²) in [4.78, 5) is 19.0. The fourth-order valence-corrected chi connectivity index (χ4v) is 5.86. The van der Waals surface area contributed by atoms with Crippen molar-refractivity contribution in [2.75, 3.05) is 57.3 Å². The molecular weight excluding hydrogens is 456 g/mol. The smallest absolute Gasteiger partial charge is 0.225 e. The third-order valence-electron chi connectivity index (χ3n) is 8.19. The number of aromatic nitrogens is 2. The molecule has 6 heteroatoms. The minimum Gasteiger partial charge on any atom is -0.369 e. The highest BCUT2D eigenvalue weighted by Crippen LogP contribution is 2.28. The summed E-state index contributed by atoms with van der Waals surface area (Å²) in [7, 11) is 0. The number of nitrogens with zero attached hydrogens (tertiary/aromatic N) is 6. The first kappa shape index (κ1) is 25.5. The highest BCUT2D eigenvalue weighted by atomic mass is 15.3. The van der Waals surface area contributed by atoms with Crippen LogP contribution in [0.25, 0.3) is 5.70 Å². The summed E-state index contributed by atoms with van der Waals surface area (Å²) in [5.74, 6) is 0.838. The molecule has 0 bridgehead atoms.